The van der Waals surface area contributed by atoms with Gasteiger partial charge in [0.05, 0.1) is 13.2 Å². The van der Waals surface area contributed by atoms with E-state index in [0.29, 0.717) is 5.92 Å². The smallest absolute Gasteiger partial charge is 0.157 e. The largest absolute Gasteiger partial charge is 0.352 e. The lowest BCUT2D eigenvalue weighted by atomic mass is 9.67. The summed E-state index contributed by atoms with van der Waals surface area (Å²) in [6.07, 6.45) is 17.4. The molecule has 2 nitrogen and oxygen atoms in total. The zero-order chi connectivity index (χ0) is 16.8. The fourth-order valence-corrected chi connectivity index (χ4v) is 5.19. The number of rotatable bonds is 6. The van der Waals surface area contributed by atoms with Gasteiger partial charge in [0.2, 0.25) is 0 Å². The second-order valence-corrected chi connectivity index (χ2v) is 8.31. The molecule has 0 radical (unpaired) electrons. The predicted octanol–water partition coefficient (Wildman–Crippen LogP) is 5.74. The lowest BCUT2D eigenvalue weighted by molar-refractivity contribution is -0.212. The van der Waals surface area contributed by atoms with E-state index in [4.69, 9.17) is 9.47 Å². The van der Waals surface area contributed by atoms with Gasteiger partial charge in [-0.3, -0.25) is 0 Å². The van der Waals surface area contributed by atoms with Crippen molar-refractivity contribution in [1.29, 1.82) is 0 Å². The highest BCUT2D eigenvalue weighted by molar-refractivity contribution is 4.88. The first-order valence-corrected chi connectivity index (χ1v) is 10.3. The van der Waals surface area contributed by atoms with E-state index >= 15 is 0 Å². The fraction of sp³-hybridized carbons (Fsp3) is 0.818. The van der Waals surface area contributed by atoms with Crippen LogP contribution in [0.5, 0.6) is 0 Å². The van der Waals surface area contributed by atoms with Gasteiger partial charge in [-0.15, -0.1) is 13.2 Å². The maximum absolute atomic E-state index is 5.93. The van der Waals surface area contributed by atoms with E-state index in [1.165, 1.54) is 51.4 Å². The molecule has 0 bridgehead atoms. The van der Waals surface area contributed by atoms with Crippen LogP contribution in [-0.4, -0.2) is 19.5 Å². The minimum Gasteiger partial charge on any atom is -0.352 e. The lowest BCUT2D eigenvalue weighted by Gasteiger charge is -2.41. The van der Waals surface area contributed by atoms with Crippen molar-refractivity contribution in [1.82, 2.24) is 0 Å². The van der Waals surface area contributed by atoms with Gasteiger partial charge < -0.3 is 9.47 Å². The average Bonchev–Trinajstić information content (AvgIpc) is 2.67. The van der Waals surface area contributed by atoms with Crippen LogP contribution in [0.25, 0.3) is 0 Å². The standard InChI is InChI=1S/C22H36O2/c1-3-5-6-22-23-15-21(16-24-22)20-13-11-19(12-14-20)18-9-7-17(4-2)8-10-18/h3-4,17-22H,1-2,5-16H2. The molecule has 136 valence electrons. The summed E-state index contributed by atoms with van der Waals surface area (Å²) in [6.45, 7) is 9.56. The monoisotopic (exact) mass is 332 g/mol. The summed E-state index contributed by atoms with van der Waals surface area (Å²) in [4.78, 5) is 0. The Kier molecular flexibility index (Phi) is 6.97. The van der Waals surface area contributed by atoms with Crippen molar-refractivity contribution in [3.8, 4) is 0 Å². The van der Waals surface area contributed by atoms with Crippen molar-refractivity contribution >= 4 is 0 Å². The van der Waals surface area contributed by atoms with Crippen molar-refractivity contribution in [3.05, 3.63) is 25.3 Å². The molecule has 0 aromatic carbocycles. The molecule has 24 heavy (non-hydrogen) atoms. The Balaban J connectivity index is 1.37. The highest BCUT2D eigenvalue weighted by Gasteiger charge is 2.34. The maximum Gasteiger partial charge on any atom is 0.157 e. The normalized spacial score (nSPS) is 40.8. The Morgan fingerprint density at radius 1 is 0.708 bits per heavy atom. The van der Waals surface area contributed by atoms with Crippen molar-refractivity contribution in [3.63, 3.8) is 0 Å². The Bertz CT molecular complexity index is 381. The number of hydrogen-bond acceptors (Lipinski definition) is 2. The van der Waals surface area contributed by atoms with E-state index < -0.39 is 0 Å². The second-order valence-electron chi connectivity index (χ2n) is 8.31. The molecule has 3 aliphatic rings. The minimum atomic E-state index is 0.00985. The van der Waals surface area contributed by atoms with Crippen molar-refractivity contribution in [2.75, 3.05) is 13.2 Å². The molecule has 3 fully saturated rings. The molecule has 1 saturated heterocycles. The molecule has 2 saturated carbocycles. The maximum atomic E-state index is 5.93. The first-order chi connectivity index (χ1) is 11.8. The summed E-state index contributed by atoms with van der Waals surface area (Å²) in [5.74, 6) is 4.22. The topological polar surface area (TPSA) is 18.5 Å². The second kappa shape index (κ2) is 9.20. The van der Waals surface area contributed by atoms with Crippen LogP contribution < -0.4 is 0 Å². The van der Waals surface area contributed by atoms with E-state index in [2.05, 4.69) is 19.2 Å². The molecule has 2 heteroatoms. The number of ether oxygens (including phenoxy) is 2. The van der Waals surface area contributed by atoms with Crippen LogP contribution in [0.1, 0.15) is 64.2 Å². The van der Waals surface area contributed by atoms with Crippen LogP contribution in [0.2, 0.25) is 0 Å². The van der Waals surface area contributed by atoms with Crippen molar-refractivity contribution < 1.29 is 9.47 Å². The molecular formula is C22H36O2. The average molecular weight is 333 g/mol. The molecule has 0 N–H and O–H groups in total. The quantitative estimate of drug-likeness (QED) is 0.577. The Hall–Kier alpha value is -0.600. The van der Waals surface area contributed by atoms with Gasteiger partial charge in [0, 0.05) is 12.3 Å². The van der Waals surface area contributed by atoms with Crippen LogP contribution in [0, 0.1) is 29.6 Å². The zero-order valence-corrected chi connectivity index (χ0v) is 15.3. The third-order valence-corrected chi connectivity index (χ3v) is 6.90. The van der Waals surface area contributed by atoms with Crippen molar-refractivity contribution in [2.45, 2.75) is 70.5 Å². The third kappa shape index (κ3) is 4.73. The molecule has 0 aromatic rings. The van der Waals surface area contributed by atoms with Crippen LogP contribution in [0.3, 0.4) is 0 Å². The molecule has 0 atom stereocenters. The summed E-state index contributed by atoms with van der Waals surface area (Å²) in [5, 5.41) is 0. The number of hydrogen-bond donors (Lipinski definition) is 0. The summed E-state index contributed by atoms with van der Waals surface area (Å²) < 4.78 is 11.9. The molecule has 0 unspecified atom stereocenters. The van der Waals surface area contributed by atoms with Gasteiger partial charge in [0.1, 0.15) is 0 Å². The molecule has 1 aliphatic heterocycles. The summed E-state index contributed by atoms with van der Waals surface area (Å²) in [6, 6.07) is 0. The Morgan fingerprint density at radius 2 is 1.21 bits per heavy atom. The first kappa shape index (κ1) is 18.2. The van der Waals surface area contributed by atoms with Crippen LogP contribution >= 0.6 is 0 Å². The highest BCUT2D eigenvalue weighted by atomic mass is 16.7. The number of allylic oxidation sites excluding steroid dienone is 2. The van der Waals surface area contributed by atoms with Gasteiger partial charge in [0.15, 0.2) is 6.29 Å². The summed E-state index contributed by atoms with van der Waals surface area (Å²) in [7, 11) is 0. The third-order valence-electron chi connectivity index (χ3n) is 6.90. The SMILES string of the molecule is C=CCCC1OCC(C2CCC(C3CCC(C=C)CC3)CC2)CO1. The lowest BCUT2D eigenvalue weighted by Crippen LogP contribution is -2.38. The fourth-order valence-electron chi connectivity index (χ4n) is 5.19. The van der Waals surface area contributed by atoms with E-state index in [1.54, 1.807) is 0 Å². The van der Waals surface area contributed by atoms with Gasteiger partial charge in [0.25, 0.3) is 0 Å². The summed E-state index contributed by atoms with van der Waals surface area (Å²) in [5.41, 5.74) is 0. The van der Waals surface area contributed by atoms with E-state index in [1.807, 2.05) is 6.08 Å². The van der Waals surface area contributed by atoms with Crippen molar-refractivity contribution in [2.24, 2.45) is 29.6 Å². The van der Waals surface area contributed by atoms with E-state index in [-0.39, 0.29) is 6.29 Å². The Morgan fingerprint density at radius 3 is 1.71 bits per heavy atom. The molecule has 2 aliphatic carbocycles. The molecule has 0 aromatic heterocycles. The molecule has 0 spiro atoms. The minimum absolute atomic E-state index is 0.00985. The van der Waals surface area contributed by atoms with Crippen LogP contribution in [0.4, 0.5) is 0 Å². The summed E-state index contributed by atoms with van der Waals surface area (Å²) >= 11 is 0. The van der Waals surface area contributed by atoms with E-state index in [0.717, 1.165) is 49.7 Å². The van der Waals surface area contributed by atoms with E-state index in [9.17, 15) is 0 Å². The van der Waals surface area contributed by atoms with Gasteiger partial charge in [-0.05, 0) is 81.5 Å². The predicted molar refractivity (Wildman–Crippen MR) is 99.7 cm³/mol. The first-order valence-electron chi connectivity index (χ1n) is 10.3. The van der Waals surface area contributed by atoms with Gasteiger partial charge in [-0.2, -0.15) is 0 Å². The van der Waals surface area contributed by atoms with Crippen LogP contribution in [0.15, 0.2) is 25.3 Å². The van der Waals surface area contributed by atoms with Gasteiger partial charge in [-0.25, -0.2) is 0 Å². The van der Waals surface area contributed by atoms with Gasteiger partial charge >= 0.3 is 0 Å². The van der Waals surface area contributed by atoms with Crippen LogP contribution in [-0.2, 0) is 9.47 Å². The molecule has 3 rings (SSSR count). The zero-order valence-electron chi connectivity index (χ0n) is 15.3. The molecular weight excluding hydrogens is 296 g/mol. The highest BCUT2D eigenvalue weighted by Crippen LogP contribution is 2.43. The molecule has 0 amide bonds. The Labute approximate surface area is 148 Å². The van der Waals surface area contributed by atoms with Gasteiger partial charge in [-0.1, -0.05) is 12.2 Å². The molecule has 1 heterocycles.